The number of anilines is 1. The Bertz CT molecular complexity index is 1170. The van der Waals surface area contributed by atoms with Gasteiger partial charge >= 0.3 is 12.1 Å². The van der Waals surface area contributed by atoms with E-state index >= 15 is 0 Å². The van der Waals surface area contributed by atoms with Crippen molar-refractivity contribution in [3.63, 3.8) is 0 Å². The van der Waals surface area contributed by atoms with Crippen LogP contribution in [-0.2, 0) is 0 Å². The molecule has 0 aliphatic rings. The van der Waals surface area contributed by atoms with Gasteiger partial charge in [-0.05, 0) is 45.0 Å². The fourth-order valence-corrected chi connectivity index (χ4v) is 3.28. The van der Waals surface area contributed by atoms with Crippen molar-refractivity contribution in [2.24, 2.45) is 0 Å². The van der Waals surface area contributed by atoms with Gasteiger partial charge in [0, 0.05) is 25.2 Å². The average Bonchev–Trinajstić information content (AvgIpc) is 2.80. The number of fused-ring (bicyclic) bond motifs is 1. The summed E-state index contributed by atoms with van der Waals surface area (Å²) in [5, 5.41) is 5.47. The van der Waals surface area contributed by atoms with Crippen molar-refractivity contribution in [1.29, 1.82) is 0 Å². The van der Waals surface area contributed by atoms with Gasteiger partial charge in [-0.25, -0.2) is 19.6 Å². The summed E-state index contributed by atoms with van der Waals surface area (Å²) in [6.45, 7) is 7.03. The van der Waals surface area contributed by atoms with E-state index in [0.717, 1.165) is 0 Å². The van der Waals surface area contributed by atoms with E-state index in [1.165, 1.54) is 12.0 Å². The minimum absolute atomic E-state index is 0.125. The lowest BCUT2D eigenvalue weighted by Gasteiger charge is -2.19. The van der Waals surface area contributed by atoms with Crippen LogP contribution >= 0.6 is 11.6 Å². The summed E-state index contributed by atoms with van der Waals surface area (Å²) in [7, 11) is 1.46. The van der Waals surface area contributed by atoms with Crippen LogP contribution in [0.3, 0.4) is 0 Å². The lowest BCUT2D eigenvalue weighted by Crippen LogP contribution is -2.33. The third kappa shape index (κ3) is 5.58. The highest BCUT2D eigenvalue weighted by atomic mass is 35.5. The van der Waals surface area contributed by atoms with Gasteiger partial charge in [0.1, 0.15) is 11.3 Å². The zero-order valence-corrected chi connectivity index (χ0v) is 19.6. The highest BCUT2D eigenvalue weighted by molar-refractivity contribution is 6.32. The van der Waals surface area contributed by atoms with Crippen LogP contribution in [0.5, 0.6) is 11.5 Å². The maximum Gasteiger partial charge on any atom is 0.415 e. The molecule has 2 heterocycles. The number of ether oxygens (including phenoxy) is 2. The molecule has 10 nitrogen and oxygen atoms in total. The van der Waals surface area contributed by atoms with Crippen molar-refractivity contribution >= 4 is 40.7 Å². The first-order valence-electron chi connectivity index (χ1n) is 10.4. The van der Waals surface area contributed by atoms with E-state index < -0.39 is 6.09 Å². The zero-order chi connectivity index (χ0) is 24.0. The molecule has 3 aromatic rings. The number of hydrogen-bond donors (Lipinski definition) is 2. The zero-order valence-electron chi connectivity index (χ0n) is 18.8. The summed E-state index contributed by atoms with van der Waals surface area (Å²) >= 11 is 6.43. The van der Waals surface area contributed by atoms with Crippen LogP contribution in [0.1, 0.15) is 20.8 Å². The average molecular weight is 473 g/mol. The molecule has 0 atom stereocenters. The number of amides is 3. The molecule has 3 amide bonds. The fourth-order valence-electron chi connectivity index (χ4n) is 3.03. The summed E-state index contributed by atoms with van der Waals surface area (Å²) in [5.74, 6) is 0.744. The molecule has 0 radical (unpaired) electrons. The number of hydrogen-bond acceptors (Lipinski definition) is 7. The smallest absolute Gasteiger partial charge is 0.415 e. The van der Waals surface area contributed by atoms with Crippen LogP contribution in [0, 0.1) is 0 Å². The molecule has 1 aromatic carbocycles. The van der Waals surface area contributed by atoms with Gasteiger partial charge in [0.2, 0.25) is 0 Å². The minimum Gasteiger partial charge on any atom is -0.493 e. The molecule has 174 valence electrons. The van der Waals surface area contributed by atoms with Crippen molar-refractivity contribution in [3.05, 3.63) is 35.5 Å². The first kappa shape index (κ1) is 24.0. The largest absolute Gasteiger partial charge is 0.493 e. The van der Waals surface area contributed by atoms with Crippen LogP contribution in [0.4, 0.5) is 15.4 Å². The van der Waals surface area contributed by atoms with Crippen molar-refractivity contribution in [1.82, 2.24) is 25.2 Å². The molecule has 33 heavy (non-hydrogen) atoms. The SMILES string of the molecule is CCNC(=O)Nc1ccc2ncc(-c3cc(Cl)c(OC(=O)N(CC)CC)c(OC)c3)nc2n1. The van der Waals surface area contributed by atoms with Crippen LogP contribution in [0.15, 0.2) is 30.5 Å². The predicted molar refractivity (Wildman–Crippen MR) is 126 cm³/mol. The number of carbonyl (C=O) groups is 2. The molecule has 0 aliphatic heterocycles. The second-order valence-corrected chi connectivity index (χ2v) is 7.22. The van der Waals surface area contributed by atoms with Crippen molar-refractivity contribution in [2.75, 3.05) is 32.1 Å². The molecule has 0 aliphatic carbocycles. The van der Waals surface area contributed by atoms with Crippen molar-refractivity contribution in [2.45, 2.75) is 20.8 Å². The quantitative estimate of drug-likeness (QED) is 0.525. The summed E-state index contributed by atoms with van der Waals surface area (Å²) < 4.78 is 10.9. The molecular formula is C22H25ClN6O4. The monoisotopic (exact) mass is 472 g/mol. The van der Waals surface area contributed by atoms with Crippen molar-refractivity contribution in [3.8, 4) is 22.8 Å². The Morgan fingerprint density at radius 3 is 2.55 bits per heavy atom. The minimum atomic E-state index is -0.519. The van der Waals surface area contributed by atoms with Crippen LogP contribution in [-0.4, -0.2) is 58.7 Å². The molecular weight excluding hydrogens is 448 g/mol. The van der Waals surface area contributed by atoms with Crippen molar-refractivity contribution < 1.29 is 19.1 Å². The number of pyridine rings is 1. The number of nitrogens with one attached hydrogen (secondary N) is 2. The van der Waals surface area contributed by atoms with E-state index in [0.29, 0.717) is 47.9 Å². The summed E-state index contributed by atoms with van der Waals surface area (Å²) in [5.41, 5.74) is 1.97. The predicted octanol–water partition coefficient (Wildman–Crippen LogP) is 4.34. The van der Waals surface area contributed by atoms with Gasteiger partial charge in [0.05, 0.1) is 24.0 Å². The number of halogens is 1. The summed E-state index contributed by atoms with van der Waals surface area (Å²) in [6, 6.07) is 6.26. The molecule has 2 aromatic heterocycles. The van der Waals surface area contributed by atoms with Gasteiger partial charge in [-0.2, -0.15) is 0 Å². The second kappa shape index (κ2) is 10.8. The van der Waals surface area contributed by atoms with Crippen LogP contribution in [0.25, 0.3) is 22.4 Å². The van der Waals surface area contributed by atoms with E-state index in [1.807, 2.05) is 20.8 Å². The number of urea groups is 1. The Balaban J connectivity index is 1.94. The van der Waals surface area contributed by atoms with Gasteiger partial charge in [0.25, 0.3) is 0 Å². The standard InChI is InChI=1S/C22H25ClN6O4/c1-5-24-21(30)28-18-9-8-15-20(27-18)26-16(12-25-15)13-10-14(23)19(17(11-13)32-4)33-22(31)29(6-2)7-3/h8-12H,5-7H2,1-4H3,(H2,24,26,27,28,30). The number of aromatic nitrogens is 3. The van der Waals surface area contributed by atoms with Gasteiger partial charge < -0.3 is 19.7 Å². The lowest BCUT2D eigenvalue weighted by molar-refractivity contribution is 0.155. The Morgan fingerprint density at radius 2 is 1.88 bits per heavy atom. The first-order chi connectivity index (χ1) is 15.9. The second-order valence-electron chi connectivity index (χ2n) is 6.81. The normalized spacial score (nSPS) is 10.6. The molecule has 0 fully saturated rings. The maximum atomic E-state index is 12.4. The lowest BCUT2D eigenvalue weighted by atomic mass is 10.1. The van der Waals surface area contributed by atoms with E-state index in [2.05, 4.69) is 25.6 Å². The van der Waals surface area contributed by atoms with E-state index in [-0.39, 0.29) is 22.6 Å². The van der Waals surface area contributed by atoms with E-state index in [1.54, 1.807) is 30.5 Å². The number of nitrogens with zero attached hydrogens (tertiary/aromatic N) is 4. The molecule has 2 N–H and O–H groups in total. The Kier molecular flexibility index (Phi) is 7.83. The number of methoxy groups -OCH3 is 1. The Labute approximate surface area is 196 Å². The molecule has 0 unspecified atom stereocenters. The number of rotatable bonds is 7. The van der Waals surface area contributed by atoms with Gasteiger partial charge in [-0.3, -0.25) is 10.3 Å². The van der Waals surface area contributed by atoms with Crippen LogP contribution in [0.2, 0.25) is 5.02 Å². The third-order valence-electron chi connectivity index (χ3n) is 4.72. The van der Waals surface area contributed by atoms with Gasteiger partial charge in [-0.15, -0.1) is 0 Å². The first-order valence-corrected chi connectivity index (χ1v) is 10.8. The van der Waals surface area contributed by atoms with Gasteiger partial charge in [-0.1, -0.05) is 11.6 Å². The highest BCUT2D eigenvalue weighted by Crippen LogP contribution is 2.39. The van der Waals surface area contributed by atoms with Crippen LogP contribution < -0.4 is 20.1 Å². The molecule has 0 saturated carbocycles. The number of carbonyl (C=O) groups excluding carboxylic acids is 2. The topological polar surface area (TPSA) is 119 Å². The highest BCUT2D eigenvalue weighted by Gasteiger charge is 2.20. The molecule has 0 spiro atoms. The Hall–Kier alpha value is -3.66. The maximum absolute atomic E-state index is 12.4. The summed E-state index contributed by atoms with van der Waals surface area (Å²) in [4.78, 5) is 39.0. The molecule has 0 saturated heterocycles. The van der Waals surface area contributed by atoms with E-state index in [9.17, 15) is 9.59 Å². The van der Waals surface area contributed by atoms with E-state index in [4.69, 9.17) is 21.1 Å². The number of benzene rings is 1. The third-order valence-corrected chi connectivity index (χ3v) is 5.00. The summed E-state index contributed by atoms with van der Waals surface area (Å²) in [6.07, 6.45) is 1.06. The molecule has 11 heteroatoms. The van der Waals surface area contributed by atoms with Gasteiger partial charge in [0.15, 0.2) is 17.1 Å². The Morgan fingerprint density at radius 1 is 1.12 bits per heavy atom. The fraction of sp³-hybridized carbons (Fsp3) is 0.318. The molecule has 0 bridgehead atoms. The molecule has 3 rings (SSSR count).